The van der Waals surface area contributed by atoms with Gasteiger partial charge in [0.05, 0.1) is 17.7 Å². The molecule has 0 saturated heterocycles. The Labute approximate surface area is 187 Å². The van der Waals surface area contributed by atoms with E-state index in [9.17, 15) is 4.79 Å². The van der Waals surface area contributed by atoms with E-state index in [-0.39, 0.29) is 23.2 Å². The van der Waals surface area contributed by atoms with Gasteiger partial charge in [-0.3, -0.25) is 0 Å². The Balaban J connectivity index is 2.01. The van der Waals surface area contributed by atoms with Gasteiger partial charge in [0.15, 0.2) is 5.65 Å². The molecule has 0 aliphatic heterocycles. The average Bonchev–Trinajstić information content (AvgIpc) is 2.74. The lowest BCUT2D eigenvalue weighted by molar-refractivity contribution is 0.0512. The van der Waals surface area contributed by atoms with E-state index in [4.69, 9.17) is 44.5 Å². The summed E-state index contributed by atoms with van der Waals surface area (Å²) >= 11 is 18.9. The SMILES string of the molecule is CCOC(=O)c1nc(Cl)c2cc(-c3ccc(Cl)cc3)c(-c3ccccc3Cl)nc2n1. The van der Waals surface area contributed by atoms with Gasteiger partial charge < -0.3 is 4.74 Å². The van der Waals surface area contributed by atoms with Crippen molar-refractivity contribution < 1.29 is 9.53 Å². The first kappa shape index (κ1) is 20.5. The highest BCUT2D eigenvalue weighted by Gasteiger charge is 2.19. The molecule has 5 nitrogen and oxygen atoms in total. The fraction of sp³-hybridized carbons (Fsp3) is 0.0909. The number of hydrogen-bond donors (Lipinski definition) is 0. The van der Waals surface area contributed by atoms with Crippen molar-refractivity contribution in [1.29, 1.82) is 0 Å². The van der Waals surface area contributed by atoms with E-state index in [1.54, 1.807) is 25.1 Å². The van der Waals surface area contributed by atoms with Crippen molar-refractivity contribution in [1.82, 2.24) is 15.0 Å². The number of aromatic nitrogens is 3. The van der Waals surface area contributed by atoms with E-state index < -0.39 is 5.97 Å². The molecular weight excluding hydrogens is 445 g/mol. The van der Waals surface area contributed by atoms with Crippen LogP contribution in [0.5, 0.6) is 0 Å². The average molecular weight is 459 g/mol. The summed E-state index contributed by atoms with van der Waals surface area (Å²) in [5.74, 6) is -0.810. The molecule has 0 atom stereocenters. The Morgan fingerprint density at radius 1 is 0.933 bits per heavy atom. The number of carbonyl (C=O) groups is 1. The fourth-order valence-corrected chi connectivity index (χ4v) is 3.58. The molecule has 2 aromatic heterocycles. The molecule has 4 aromatic rings. The van der Waals surface area contributed by atoms with Crippen molar-refractivity contribution in [2.24, 2.45) is 0 Å². The molecule has 0 aliphatic rings. The van der Waals surface area contributed by atoms with Gasteiger partial charge in [-0.15, -0.1) is 0 Å². The molecule has 150 valence electrons. The molecule has 0 radical (unpaired) electrons. The zero-order chi connectivity index (χ0) is 21.3. The second kappa shape index (κ2) is 8.56. The van der Waals surface area contributed by atoms with Gasteiger partial charge in [-0.2, -0.15) is 0 Å². The van der Waals surface area contributed by atoms with Crippen molar-refractivity contribution in [3.8, 4) is 22.4 Å². The van der Waals surface area contributed by atoms with E-state index in [1.807, 2.05) is 36.4 Å². The number of rotatable bonds is 4. The van der Waals surface area contributed by atoms with Gasteiger partial charge in [-0.1, -0.05) is 65.1 Å². The van der Waals surface area contributed by atoms with E-state index >= 15 is 0 Å². The summed E-state index contributed by atoms with van der Waals surface area (Å²) < 4.78 is 4.99. The van der Waals surface area contributed by atoms with Crippen LogP contribution in [0, 0.1) is 0 Å². The van der Waals surface area contributed by atoms with Crippen LogP contribution in [0.3, 0.4) is 0 Å². The molecule has 0 amide bonds. The minimum Gasteiger partial charge on any atom is -0.460 e. The number of esters is 1. The zero-order valence-electron chi connectivity index (χ0n) is 15.7. The largest absolute Gasteiger partial charge is 0.460 e. The molecule has 0 saturated carbocycles. The minimum absolute atomic E-state index is 0.108. The molecule has 2 heterocycles. The highest BCUT2D eigenvalue weighted by Crippen LogP contribution is 2.37. The lowest BCUT2D eigenvalue weighted by Gasteiger charge is -2.13. The minimum atomic E-state index is -0.663. The summed E-state index contributed by atoms with van der Waals surface area (Å²) in [6, 6.07) is 16.5. The second-order valence-electron chi connectivity index (χ2n) is 6.30. The number of halogens is 3. The van der Waals surface area contributed by atoms with E-state index in [0.717, 1.165) is 16.7 Å². The van der Waals surface area contributed by atoms with Crippen molar-refractivity contribution in [2.45, 2.75) is 6.92 Å². The summed E-state index contributed by atoms with van der Waals surface area (Å²) in [6.07, 6.45) is 0. The van der Waals surface area contributed by atoms with Gasteiger partial charge in [0.25, 0.3) is 0 Å². The van der Waals surface area contributed by atoms with Crippen LogP contribution >= 0.6 is 34.8 Å². The van der Waals surface area contributed by atoms with E-state index in [0.29, 0.717) is 21.1 Å². The third-order valence-corrected chi connectivity index (χ3v) is 5.25. The highest BCUT2D eigenvalue weighted by molar-refractivity contribution is 6.35. The molecule has 0 aliphatic carbocycles. The highest BCUT2D eigenvalue weighted by atomic mass is 35.5. The van der Waals surface area contributed by atoms with Crippen molar-refractivity contribution in [3.63, 3.8) is 0 Å². The summed E-state index contributed by atoms with van der Waals surface area (Å²) in [5, 5.41) is 1.76. The van der Waals surface area contributed by atoms with Crippen LogP contribution in [-0.4, -0.2) is 27.5 Å². The molecule has 0 spiro atoms. The van der Waals surface area contributed by atoms with Crippen molar-refractivity contribution >= 4 is 51.8 Å². The Morgan fingerprint density at radius 3 is 2.37 bits per heavy atom. The van der Waals surface area contributed by atoms with Gasteiger partial charge in [0, 0.05) is 21.2 Å². The number of carbonyl (C=O) groups excluding carboxylic acids is 1. The standard InChI is InChI=1S/C22H14Cl3N3O2/c1-2-30-22(29)21-27-19(25)16-11-15(12-7-9-13(23)10-8-12)18(26-20(16)28-21)14-5-3-4-6-17(14)24/h3-11H,2H2,1H3. The Bertz CT molecular complexity index is 1260. The monoisotopic (exact) mass is 457 g/mol. The van der Waals surface area contributed by atoms with Gasteiger partial charge in [0.2, 0.25) is 5.82 Å². The first-order chi connectivity index (χ1) is 14.5. The van der Waals surface area contributed by atoms with Crippen molar-refractivity contribution in [3.05, 3.63) is 75.6 Å². The van der Waals surface area contributed by atoms with Crippen LogP contribution in [-0.2, 0) is 4.74 Å². The second-order valence-corrected chi connectivity index (χ2v) is 7.50. The predicted octanol–water partition coefficient (Wildman–Crippen LogP) is 6.50. The van der Waals surface area contributed by atoms with Crippen LogP contribution in [0.1, 0.15) is 17.5 Å². The number of pyridine rings is 1. The van der Waals surface area contributed by atoms with Crippen LogP contribution in [0.15, 0.2) is 54.6 Å². The molecule has 0 bridgehead atoms. The molecule has 0 N–H and O–H groups in total. The smallest absolute Gasteiger partial charge is 0.376 e. The number of benzene rings is 2. The number of hydrogen-bond acceptors (Lipinski definition) is 5. The summed E-state index contributed by atoms with van der Waals surface area (Å²) in [5.41, 5.74) is 3.24. The van der Waals surface area contributed by atoms with Gasteiger partial charge >= 0.3 is 5.97 Å². The number of nitrogens with zero attached hydrogens (tertiary/aromatic N) is 3. The predicted molar refractivity (Wildman–Crippen MR) is 119 cm³/mol. The Hall–Kier alpha value is -2.73. The summed E-state index contributed by atoms with van der Waals surface area (Å²) in [4.78, 5) is 25.2. The zero-order valence-corrected chi connectivity index (χ0v) is 18.0. The third kappa shape index (κ3) is 3.97. The van der Waals surface area contributed by atoms with Gasteiger partial charge in [0.1, 0.15) is 5.15 Å². The maximum atomic E-state index is 12.1. The summed E-state index contributed by atoms with van der Waals surface area (Å²) in [6.45, 7) is 1.90. The molecule has 30 heavy (non-hydrogen) atoms. The van der Waals surface area contributed by atoms with Crippen LogP contribution in [0.25, 0.3) is 33.4 Å². The normalized spacial score (nSPS) is 10.9. The Morgan fingerprint density at radius 2 is 1.67 bits per heavy atom. The maximum Gasteiger partial charge on any atom is 0.376 e. The molecule has 0 fully saturated rings. The quantitative estimate of drug-likeness (QED) is 0.258. The number of fused-ring (bicyclic) bond motifs is 1. The van der Waals surface area contributed by atoms with E-state index in [2.05, 4.69) is 9.97 Å². The Kier molecular flexibility index (Phi) is 5.86. The molecule has 0 unspecified atom stereocenters. The lowest BCUT2D eigenvalue weighted by Crippen LogP contribution is -2.10. The van der Waals surface area contributed by atoms with Crippen LogP contribution in [0.2, 0.25) is 15.2 Å². The first-order valence-corrected chi connectivity index (χ1v) is 10.2. The molecule has 2 aromatic carbocycles. The first-order valence-electron chi connectivity index (χ1n) is 9.04. The van der Waals surface area contributed by atoms with Gasteiger partial charge in [-0.05, 0) is 36.8 Å². The molecule has 4 rings (SSSR count). The lowest BCUT2D eigenvalue weighted by atomic mass is 9.98. The topological polar surface area (TPSA) is 65.0 Å². The van der Waals surface area contributed by atoms with Crippen LogP contribution in [0.4, 0.5) is 0 Å². The fourth-order valence-electron chi connectivity index (χ4n) is 3.01. The summed E-state index contributed by atoms with van der Waals surface area (Å²) in [7, 11) is 0. The molecule has 8 heteroatoms. The van der Waals surface area contributed by atoms with Crippen molar-refractivity contribution in [2.75, 3.05) is 6.61 Å². The van der Waals surface area contributed by atoms with E-state index in [1.165, 1.54) is 0 Å². The number of ether oxygens (including phenoxy) is 1. The molecular formula is C22H14Cl3N3O2. The van der Waals surface area contributed by atoms with Gasteiger partial charge in [-0.25, -0.2) is 19.7 Å². The van der Waals surface area contributed by atoms with Crippen LogP contribution < -0.4 is 0 Å². The maximum absolute atomic E-state index is 12.1. The third-order valence-electron chi connectivity index (χ3n) is 4.38.